The number of aliphatic imine (C=N–C) groups is 1. The van der Waals surface area contributed by atoms with Gasteiger partial charge in [-0.2, -0.15) is 28.4 Å². The van der Waals surface area contributed by atoms with E-state index >= 15 is 0 Å². The van der Waals surface area contributed by atoms with E-state index in [1.54, 1.807) is 4.90 Å². The summed E-state index contributed by atoms with van der Waals surface area (Å²) in [6, 6.07) is 9.87. The van der Waals surface area contributed by atoms with Crippen LogP contribution in [0.3, 0.4) is 0 Å². The molecule has 6 rings (SSSR count). The molecular weight excluding hydrogens is 538 g/mol. The summed E-state index contributed by atoms with van der Waals surface area (Å²) >= 11 is 6.21. The van der Waals surface area contributed by atoms with Crippen LogP contribution in [0.4, 0.5) is 16.7 Å². The molecule has 4 heterocycles. The standard InChI is InChI=1S/C26H30ClN9O2.H2S/c1-26(2)17-12-29-21(31-23-32-22(27)33-24(34-23)35-10-6-9-19(35)20(28)37)16(17)13-36(26)25(38)30-18-11-15(18)14-7-4-3-5-8-14;/h3-5,7-8,15,18-19H,6,9-13H2,1-2H3,(H2,28,37)(H,30,38)(H,29,31,32,33,34);1H2/t15-,18?,19+;/m1./s1. The molecule has 1 aromatic carbocycles. The molecule has 1 aliphatic carbocycles. The quantitative estimate of drug-likeness (QED) is 0.502. The molecule has 0 bridgehead atoms. The molecule has 1 aromatic heterocycles. The fourth-order valence-corrected chi connectivity index (χ4v) is 5.93. The lowest BCUT2D eigenvalue weighted by molar-refractivity contribution is -0.119. The van der Waals surface area contributed by atoms with E-state index in [-0.39, 0.29) is 36.8 Å². The van der Waals surface area contributed by atoms with Crippen LogP contribution in [0.5, 0.6) is 0 Å². The van der Waals surface area contributed by atoms with Crippen molar-refractivity contribution in [1.82, 2.24) is 25.2 Å². The van der Waals surface area contributed by atoms with Crippen LogP contribution < -0.4 is 21.3 Å². The summed E-state index contributed by atoms with van der Waals surface area (Å²) < 4.78 is 0. The second kappa shape index (κ2) is 10.3. The monoisotopic (exact) mass is 569 g/mol. The van der Waals surface area contributed by atoms with Crippen LogP contribution in [0.1, 0.15) is 44.6 Å². The maximum atomic E-state index is 13.3. The number of hydrogen-bond donors (Lipinski definition) is 3. The number of nitrogens with two attached hydrogens (primary N) is 1. The van der Waals surface area contributed by atoms with Gasteiger partial charge in [0.2, 0.25) is 23.1 Å². The second-order valence-electron chi connectivity index (χ2n) is 10.7. The number of hydrogen-bond acceptors (Lipinski definition) is 8. The van der Waals surface area contributed by atoms with Crippen molar-refractivity contribution < 1.29 is 9.59 Å². The molecule has 1 saturated heterocycles. The average molecular weight is 570 g/mol. The highest BCUT2D eigenvalue weighted by atomic mass is 35.5. The summed E-state index contributed by atoms with van der Waals surface area (Å²) in [5, 5.41) is 6.41. The lowest BCUT2D eigenvalue weighted by atomic mass is 9.94. The topological polar surface area (TPSA) is 142 Å². The molecule has 1 unspecified atom stereocenters. The Kier molecular flexibility index (Phi) is 7.19. The van der Waals surface area contributed by atoms with E-state index in [4.69, 9.17) is 17.3 Å². The van der Waals surface area contributed by atoms with Crippen molar-refractivity contribution in [1.29, 1.82) is 0 Å². The van der Waals surface area contributed by atoms with Crippen LogP contribution in [0, 0.1) is 0 Å². The van der Waals surface area contributed by atoms with E-state index < -0.39 is 17.5 Å². The van der Waals surface area contributed by atoms with E-state index in [2.05, 4.69) is 42.7 Å². The molecule has 3 aliphatic heterocycles. The number of amides is 3. The van der Waals surface area contributed by atoms with Gasteiger partial charge in [-0.3, -0.25) is 9.79 Å². The molecule has 4 N–H and O–H groups in total. The van der Waals surface area contributed by atoms with Crippen molar-refractivity contribution in [3.05, 3.63) is 52.3 Å². The lowest BCUT2D eigenvalue weighted by Crippen LogP contribution is -2.51. The number of benzene rings is 1. The van der Waals surface area contributed by atoms with Gasteiger partial charge in [0, 0.05) is 24.1 Å². The Morgan fingerprint density at radius 3 is 2.67 bits per heavy atom. The fourth-order valence-electron chi connectivity index (χ4n) is 5.78. The van der Waals surface area contributed by atoms with Gasteiger partial charge in [0.25, 0.3) is 0 Å². The highest BCUT2D eigenvalue weighted by Gasteiger charge is 2.48. The van der Waals surface area contributed by atoms with Crippen molar-refractivity contribution in [2.75, 3.05) is 29.9 Å². The number of aromatic nitrogens is 3. The number of urea groups is 1. The Bertz CT molecular complexity index is 1370. The van der Waals surface area contributed by atoms with Crippen LogP contribution >= 0.6 is 25.1 Å². The summed E-state index contributed by atoms with van der Waals surface area (Å²) in [6.45, 7) is 5.60. The first-order valence-electron chi connectivity index (χ1n) is 12.9. The van der Waals surface area contributed by atoms with Crippen LogP contribution in [0.2, 0.25) is 5.28 Å². The smallest absolute Gasteiger partial charge is 0.318 e. The largest absolute Gasteiger partial charge is 0.368 e. The van der Waals surface area contributed by atoms with Crippen molar-refractivity contribution in [3.8, 4) is 0 Å². The van der Waals surface area contributed by atoms with Gasteiger partial charge in [-0.1, -0.05) is 30.3 Å². The molecule has 4 aliphatic rings. The molecule has 3 amide bonds. The van der Waals surface area contributed by atoms with Crippen molar-refractivity contribution in [3.63, 3.8) is 0 Å². The normalized spacial score (nSPS) is 24.7. The first kappa shape index (κ1) is 27.2. The number of carbonyl (C=O) groups is 2. The van der Waals surface area contributed by atoms with Crippen molar-refractivity contribution in [2.45, 2.75) is 56.7 Å². The number of rotatable bonds is 5. The predicted molar refractivity (Wildman–Crippen MR) is 155 cm³/mol. The molecule has 206 valence electrons. The van der Waals surface area contributed by atoms with E-state index in [0.29, 0.717) is 43.8 Å². The number of primary amides is 1. The molecule has 0 radical (unpaired) electrons. The Morgan fingerprint density at radius 1 is 1.15 bits per heavy atom. The van der Waals surface area contributed by atoms with Gasteiger partial charge >= 0.3 is 6.03 Å². The molecule has 39 heavy (non-hydrogen) atoms. The third-order valence-electron chi connectivity index (χ3n) is 8.01. The lowest BCUT2D eigenvalue weighted by Gasteiger charge is -2.34. The SMILES string of the molecule is CC1(C)C2=C(CN1C(=O)NC1C[C@@H]1c1ccccc1)C(Nc1nc(Cl)nc(N3CCC[C@H]3C(N)=O)n1)=NC2.S. The third kappa shape index (κ3) is 5.03. The number of nitrogens with one attached hydrogen (secondary N) is 2. The zero-order valence-electron chi connectivity index (χ0n) is 21.8. The summed E-state index contributed by atoms with van der Waals surface area (Å²) in [6.07, 6.45) is 2.40. The second-order valence-corrected chi connectivity index (χ2v) is 11.0. The Morgan fingerprint density at radius 2 is 1.92 bits per heavy atom. The molecule has 2 fully saturated rings. The number of amidine groups is 1. The first-order valence-corrected chi connectivity index (χ1v) is 13.2. The highest BCUT2D eigenvalue weighted by molar-refractivity contribution is 7.59. The Labute approximate surface area is 238 Å². The van der Waals surface area contributed by atoms with E-state index in [1.807, 2.05) is 36.9 Å². The van der Waals surface area contributed by atoms with Gasteiger partial charge in [0.15, 0.2) is 0 Å². The zero-order valence-corrected chi connectivity index (χ0v) is 23.6. The van der Waals surface area contributed by atoms with Gasteiger partial charge in [-0.25, -0.2) is 4.79 Å². The van der Waals surface area contributed by atoms with E-state index in [1.165, 1.54) is 5.56 Å². The first-order chi connectivity index (χ1) is 18.2. The molecule has 2 aromatic rings. The minimum Gasteiger partial charge on any atom is -0.368 e. The van der Waals surface area contributed by atoms with Gasteiger partial charge in [0.1, 0.15) is 11.9 Å². The molecular formula is C26H32ClN9O2S. The Hall–Kier alpha value is -3.38. The van der Waals surface area contributed by atoms with Gasteiger partial charge in [-0.05, 0) is 55.8 Å². The van der Waals surface area contributed by atoms with Crippen molar-refractivity contribution >= 4 is 54.8 Å². The summed E-state index contributed by atoms with van der Waals surface area (Å²) in [7, 11) is 0. The van der Waals surface area contributed by atoms with Gasteiger partial charge < -0.3 is 26.2 Å². The molecule has 13 heteroatoms. The van der Waals surface area contributed by atoms with Gasteiger partial charge in [-0.15, -0.1) is 0 Å². The maximum Gasteiger partial charge on any atom is 0.318 e. The molecule has 11 nitrogen and oxygen atoms in total. The summed E-state index contributed by atoms with van der Waals surface area (Å²) in [5.41, 5.74) is 8.36. The predicted octanol–water partition coefficient (Wildman–Crippen LogP) is 2.57. The van der Waals surface area contributed by atoms with Crippen LogP contribution in [-0.4, -0.2) is 74.9 Å². The number of anilines is 2. The Balaban J connectivity index is 0.00000308. The summed E-state index contributed by atoms with van der Waals surface area (Å²) in [5.74, 6) is 1.07. The van der Waals surface area contributed by atoms with Crippen LogP contribution in [0.15, 0.2) is 46.5 Å². The van der Waals surface area contributed by atoms with Crippen molar-refractivity contribution in [2.24, 2.45) is 10.7 Å². The fraction of sp³-hybridized carbons (Fsp3) is 0.462. The minimum atomic E-state index is -0.490. The van der Waals surface area contributed by atoms with E-state index in [9.17, 15) is 9.59 Å². The number of halogens is 1. The van der Waals surface area contributed by atoms with E-state index in [0.717, 1.165) is 24.0 Å². The zero-order chi connectivity index (χ0) is 26.6. The molecule has 1 saturated carbocycles. The molecule has 0 spiro atoms. The number of nitrogens with zero attached hydrogens (tertiary/aromatic N) is 6. The summed E-state index contributed by atoms with van der Waals surface area (Å²) in [4.78, 5) is 46.4. The minimum absolute atomic E-state index is 0. The molecule has 3 atom stereocenters. The van der Waals surface area contributed by atoms with Crippen LogP contribution in [-0.2, 0) is 4.79 Å². The average Bonchev–Trinajstić information content (AvgIpc) is 3.19. The maximum absolute atomic E-state index is 13.3. The highest BCUT2D eigenvalue weighted by Crippen LogP contribution is 2.42. The third-order valence-corrected chi connectivity index (χ3v) is 8.18. The number of carbonyl (C=O) groups excluding carboxylic acids is 2. The van der Waals surface area contributed by atoms with Gasteiger partial charge in [0.05, 0.1) is 18.6 Å². The van der Waals surface area contributed by atoms with Crippen LogP contribution in [0.25, 0.3) is 0 Å².